The lowest BCUT2D eigenvalue weighted by Gasteiger charge is -2.29. The van der Waals surface area contributed by atoms with Crippen LogP contribution in [0.25, 0.3) is 22.3 Å². The van der Waals surface area contributed by atoms with Crippen LogP contribution in [0.4, 0.5) is 4.79 Å². The number of ether oxygens (including phenoxy) is 1. The molecule has 2 aliphatic rings. The fourth-order valence-corrected chi connectivity index (χ4v) is 7.37. The Bertz CT molecular complexity index is 2100. The first-order valence-corrected chi connectivity index (χ1v) is 18.9. The molecule has 55 heavy (non-hydrogen) atoms. The molecule has 0 aliphatic carbocycles. The van der Waals surface area contributed by atoms with E-state index < -0.39 is 18.2 Å². The van der Waals surface area contributed by atoms with Gasteiger partial charge in [0.1, 0.15) is 23.7 Å². The van der Waals surface area contributed by atoms with Crippen LogP contribution in [0, 0.1) is 23.7 Å². The number of hydrogen-bond donors (Lipinski definition) is 3. The van der Waals surface area contributed by atoms with E-state index in [0.29, 0.717) is 40.8 Å². The van der Waals surface area contributed by atoms with E-state index in [2.05, 4.69) is 37.0 Å². The summed E-state index contributed by atoms with van der Waals surface area (Å²) in [5.41, 5.74) is 4.55. The topological polar surface area (TPSA) is 167 Å². The van der Waals surface area contributed by atoms with Crippen LogP contribution >= 0.6 is 11.6 Å². The van der Waals surface area contributed by atoms with Crippen molar-refractivity contribution in [1.82, 2.24) is 35.1 Å². The molecule has 4 atom stereocenters. The van der Waals surface area contributed by atoms with Crippen molar-refractivity contribution in [2.45, 2.75) is 77.5 Å². The molecule has 0 unspecified atom stereocenters. The molecule has 2 aromatic carbocycles. The van der Waals surface area contributed by atoms with Gasteiger partial charge in [0.25, 0.3) is 0 Å². The van der Waals surface area contributed by atoms with Crippen molar-refractivity contribution in [2.24, 2.45) is 16.8 Å². The second-order valence-electron chi connectivity index (χ2n) is 14.4. The average Bonchev–Trinajstić information content (AvgIpc) is 4.00. The molecule has 0 bridgehead atoms. The van der Waals surface area contributed by atoms with Gasteiger partial charge in [-0.2, -0.15) is 4.89 Å². The summed E-state index contributed by atoms with van der Waals surface area (Å²) in [7, 11) is 2.66. The lowest BCUT2D eigenvalue weighted by molar-refractivity contribution is -0.188. The average molecular weight is 771 g/mol. The normalized spacial score (nSPS) is 18.2. The molecule has 14 nitrogen and oxygen atoms in total. The minimum Gasteiger partial charge on any atom is -0.453 e. The fraction of sp³-hybridized carbons (Fsp3) is 0.450. The first-order valence-electron chi connectivity index (χ1n) is 18.5. The Balaban J connectivity index is 1.14. The summed E-state index contributed by atoms with van der Waals surface area (Å²) in [5.74, 6) is 7.41. The number of amides is 3. The van der Waals surface area contributed by atoms with E-state index in [-0.39, 0.29) is 35.7 Å². The molecule has 15 heteroatoms. The van der Waals surface area contributed by atoms with E-state index in [4.69, 9.17) is 31.2 Å². The van der Waals surface area contributed by atoms with E-state index in [1.807, 2.05) is 75.2 Å². The lowest BCUT2D eigenvalue weighted by Crippen LogP contribution is -2.51. The van der Waals surface area contributed by atoms with Gasteiger partial charge in [0.15, 0.2) is 0 Å². The zero-order chi connectivity index (χ0) is 39.2. The Kier molecular flexibility index (Phi) is 12.4. The van der Waals surface area contributed by atoms with E-state index in [1.54, 1.807) is 4.90 Å². The Morgan fingerprint density at radius 2 is 1.64 bits per heavy atom. The molecule has 2 saturated heterocycles. The summed E-state index contributed by atoms with van der Waals surface area (Å²) in [4.78, 5) is 72.7. The van der Waals surface area contributed by atoms with Gasteiger partial charge in [0, 0.05) is 36.0 Å². The molecule has 0 saturated carbocycles. The quantitative estimate of drug-likeness (QED) is 0.0522. The molecule has 6 rings (SSSR count). The second-order valence-corrected chi connectivity index (χ2v) is 14.8. The third-order valence-corrected chi connectivity index (χ3v) is 10.4. The number of aliphatic imine (C=N–C) groups is 1. The molecule has 290 valence electrons. The van der Waals surface area contributed by atoms with Gasteiger partial charge in [0.05, 0.1) is 48.1 Å². The van der Waals surface area contributed by atoms with Gasteiger partial charge in [-0.15, -0.1) is 0 Å². The van der Waals surface area contributed by atoms with Crippen LogP contribution < -0.4 is 5.32 Å². The van der Waals surface area contributed by atoms with E-state index in [0.717, 1.165) is 54.4 Å². The molecule has 3 N–H and O–H groups in total. The second kappa shape index (κ2) is 17.4. The predicted molar refractivity (Wildman–Crippen MR) is 208 cm³/mol. The van der Waals surface area contributed by atoms with E-state index in [9.17, 15) is 14.4 Å². The number of halogens is 1. The smallest absolute Gasteiger partial charge is 0.407 e. The van der Waals surface area contributed by atoms with E-state index in [1.165, 1.54) is 14.2 Å². The number of aromatic amines is 2. The summed E-state index contributed by atoms with van der Waals surface area (Å²) in [6.45, 7) is 8.87. The number of fused-ring (bicyclic) bond motifs is 1. The molecule has 2 fully saturated rings. The summed E-state index contributed by atoms with van der Waals surface area (Å²) < 4.78 is 4.75. The number of nitrogens with one attached hydrogen (secondary N) is 3. The molecular formula is C40H47ClN8O6. The van der Waals surface area contributed by atoms with Crippen LogP contribution in [0.1, 0.15) is 88.2 Å². The zero-order valence-electron chi connectivity index (χ0n) is 31.9. The maximum Gasteiger partial charge on any atom is 0.407 e. The summed E-state index contributed by atoms with van der Waals surface area (Å²) in [6, 6.07) is 9.69. The number of alkyl carbamates (subject to hydrolysis) is 1. The minimum atomic E-state index is -0.698. The number of hydrogen-bond acceptors (Lipinski definition) is 9. The molecule has 2 aliphatic heterocycles. The van der Waals surface area contributed by atoms with Crippen LogP contribution in [0.15, 0.2) is 47.6 Å². The van der Waals surface area contributed by atoms with E-state index >= 15 is 0 Å². The fourth-order valence-electron chi connectivity index (χ4n) is 7.15. The molecule has 4 heterocycles. The highest BCUT2D eigenvalue weighted by atomic mass is 35.5. The SMILES string of the molecule is COO/C=N\[C@H](C(=O)N1CCC[C@H]1c1nc2cc(C#Cc3ccc(-c4c[nH]c([C@@H]5CCCN5C(=O)[C@@H](NC(=O)OC)C(C)C)n4)cc3)c(Cl)cc2[nH]1)C(C)C. The number of methoxy groups -OCH3 is 1. The standard InChI is InChI=1S/C40H47ClN8O6/c1-23(2)34(43-22-55-54-6)38(50)49-18-8-10-33(49)37-44-29-19-27(28(41)20-30(29)45-37)16-13-25-11-14-26(15-12-25)31-21-42-36(46-31)32-9-7-17-48(32)39(51)35(24(3)4)47-40(52)53-5/h11-12,14-15,19-24,32-35H,7-10,17-18H2,1-6H3,(H,42,46)(H,44,45)(H,47,52)/b43-22-/t32-,33-,34-,35-/m0/s1. The monoisotopic (exact) mass is 770 g/mol. The Labute approximate surface area is 325 Å². The third kappa shape index (κ3) is 8.79. The first-order chi connectivity index (χ1) is 26.5. The Morgan fingerprint density at radius 1 is 0.945 bits per heavy atom. The van der Waals surface area contributed by atoms with Crippen molar-refractivity contribution >= 4 is 46.9 Å². The van der Waals surface area contributed by atoms with Crippen LogP contribution in [0.3, 0.4) is 0 Å². The van der Waals surface area contributed by atoms with Gasteiger partial charge in [-0.05, 0) is 61.8 Å². The van der Waals surface area contributed by atoms with Crippen molar-refractivity contribution in [3.05, 3.63) is 70.4 Å². The minimum absolute atomic E-state index is 0.0371. The summed E-state index contributed by atoms with van der Waals surface area (Å²) in [6.07, 6.45) is 5.60. The predicted octanol–water partition coefficient (Wildman–Crippen LogP) is 6.34. The van der Waals surface area contributed by atoms with Crippen molar-refractivity contribution in [3.8, 4) is 23.1 Å². The van der Waals surface area contributed by atoms with Crippen LogP contribution in [0.2, 0.25) is 5.02 Å². The lowest BCUT2D eigenvalue weighted by atomic mass is 10.0. The highest BCUT2D eigenvalue weighted by Crippen LogP contribution is 2.35. The number of aromatic nitrogens is 4. The van der Waals surface area contributed by atoms with Gasteiger partial charge >= 0.3 is 6.09 Å². The van der Waals surface area contributed by atoms with Crippen LogP contribution in [0.5, 0.6) is 0 Å². The number of likely N-dealkylation sites (tertiary alicyclic amines) is 2. The molecule has 3 amide bonds. The highest BCUT2D eigenvalue weighted by Gasteiger charge is 2.38. The number of nitrogens with zero attached hydrogens (tertiary/aromatic N) is 5. The van der Waals surface area contributed by atoms with Crippen molar-refractivity contribution in [1.29, 1.82) is 0 Å². The number of carbonyl (C=O) groups excluding carboxylic acids is 3. The number of H-pyrrole nitrogens is 2. The molecule has 0 spiro atoms. The van der Waals surface area contributed by atoms with Gasteiger partial charge < -0.3 is 34.7 Å². The number of imidazole rings is 2. The molecule has 0 radical (unpaired) electrons. The number of benzene rings is 2. The molecular weight excluding hydrogens is 724 g/mol. The Hall–Kier alpha value is -5.39. The molecule has 2 aromatic heterocycles. The summed E-state index contributed by atoms with van der Waals surface area (Å²) in [5, 5.41) is 3.17. The zero-order valence-corrected chi connectivity index (χ0v) is 32.6. The van der Waals surface area contributed by atoms with Crippen molar-refractivity contribution < 1.29 is 28.9 Å². The number of rotatable bonds is 11. The maximum absolute atomic E-state index is 13.6. The van der Waals surface area contributed by atoms with Crippen LogP contribution in [-0.2, 0) is 24.1 Å². The third-order valence-electron chi connectivity index (χ3n) is 10.0. The van der Waals surface area contributed by atoms with Crippen LogP contribution in [-0.4, -0.2) is 93.4 Å². The number of carbonyl (C=O) groups is 3. The van der Waals surface area contributed by atoms with Gasteiger partial charge in [-0.25, -0.2) is 19.8 Å². The first kappa shape index (κ1) is 39.3. The van der Waals surface area contributed by atoms with Gasteiger partial charge in [-0.3, -0.25) is 9.59 Å². The maximum atomic E-state index is 13.6. The van der Waals surface area contributed by atoms with Gasteiger partial charge in [0.2, 0.25) is 18.2 Å². The largest absolute Gasteiger partial charge is 0.453 e. The van der Waals surface area contributed by atoms with Crippen molar-refractivity contribution in [3.63, 3.8) is 0 Å². The van der Waals surface area contributed by atoms with Gasteiger partial charge in [-0.1, -0.05) is 63.3 Å². The highest BCUT2D eigenvalue weighted by molar-refractivity contribution is 6.32. The molecule has 4 aromatic rings. The summed E-state index contributed by atoms with van der Waals surface area (Å²) >= 11 is 6.69. The Morgan fingerprint density at radius 3 is 2.29 bits per heavy atom. The van der Waals surface area contributed by atoms with Crippen molar-refractivity contribution in [2.75, 3.05) is 27.3 Å².